The van der Waals surface area contributed by atoms with Crippen LogP contribution in [0.2, 0.25) is 0 Å². The van der Waals surface area contributed by atoms with Crippen LogP contribution in [0.5, 0.6) is 0 Å². The molecular formula is C19H21FN2O2. The highest BCUT2D eigenvalue weighted by Crippen LogP contribution is 2.41. The Morgan fingerprint density at radius 3 is 2.75 bits per heavy atom. The molecule has 0 saturated heterocycles. The van der Waals surface area contributed by atoms with Gasteiger partial charge in [0.1, 0.15) is 11.5 Å². The highest BCUT2D eigenvalue weighted by Gasteiger charge is 2.40. The molecule has 1 aromatic carbocycles. The summed E-state index contributed by atoms with van der Waals surface area (Å²) in [6.45, 7) is 5.25. The first-order valence-electron chi connectivity index (χ1n) is 8.21. The minimum absolute atomic E-state index is 0.00777. The maximum atomic E-state index is 13.3. The van der Waals surface area contributed by atoms with Crippen molar-refractivity contribution in [1.82, 2.24) is 10.3 Å². The van der Waals surface area contributed by atoms with Gasteiger partial charge >= 0.3 is 0 Å². The molecule has 0 aliphatic heterocycles. The number of carbonyl (C=O) groups is 2. The molecule has 5 heteroatoms. The number of benzene rings is 1. The highest BCUT2D eigenvalue weighted by atomic mass is 19.1. The number of amides is 1. The average molecular weight is 328 g/mol. The van der Waals surface area contributed by atoms with Gasteiger partial charge in [-0.25, -0.2) is 4.39 Å². The molecule has 0 spiro atoms. The molecule has 2 N–H and O–H groups in total. The summed E-state index contributed by atoms with van der Waals surface area (Å²) in [6.07, 6.45) is 1.41. The number of carbonyl (C=O) groups excluding carboxylic acids is 2. The van der Waals surface area contributed by atoms with Crippen LogP contribution in [-0.2, 0) is 6.42 Å². The normalized spacial score (nSPS) is 19.2. The van der Waals surface area contributed by atoms with Crippen LogP contribution < -0.4 is 5.32 Å². The van der Waals surface area contributed by atoms with Crippen LogP contribution in [0.3, 0.4) is 0 Å². The fourth-order valence-electron chi connectivity index (χ4n) is 3.40. The summed E-state index contributed by atoms with van der Waals surface area (Å²) in [7, 11) is 0. The van der Waals surface area contributed by atoms with Gasteiger partial charge < -0.3 is 10.3 Å². The van der Waals surface area contributed by atoms with Crippen molar-refractivity contribution >= 4 is 11.7 Å². The summed E-state index contributed by atoms with van der Waals surface area (Å²) in [4.78, 5) is 27.4. The standard InChI is InChI=1S/C19H21FN2O2/c1-4-14-17(11(3)23)10(2)21-18(14)19(24)22-16-9-15(16)12-6-5-7-13(20)8-12/h5-8,15-16,21H,4,9H2,1-3H3,(H,22,24)/t15-,16-/m0/s1. The summed E-state index contributed by atoms with van der Waals surface area (Å²) < 4.78 is 13.3. The molecule has 3 rings (SSSR count). The van der Waals surface area contributed by atoms with Crippen molar-refractivity contribution in [2.24, 2.45) is 0 Å². The molecule has 0 unspecified atom stereocenters. The minimum Gasteiger partial charge on any atom is -0.354 e. The predicted octanol–water partition coefficient (Wildman–Crippen LogP) is 3.51. The first kappa shape index (κ1) is 16.4. The number of aromatic amines is 1. The van der Waals surface area contributed by atoms with Gasteiger partial charge in [-0.3, -0.25) is 9.59 Å². The third-order valence-electron chi connectivity index (χ3n) is 4.61. The number of aromatic nitrogens is 1. The lowest BCUT2D eigenvalue weighted by molar-refractivity contribution is 0.0944. The van der Waals surface area contributed by atoms with Gasteiger partial charge in [-0.1, -0.05) is 19.1 Å². The summed E-state index contributed by atoms with van der Waals surface area (Å²) in [5, 5.41) is 2.99. The van der Waals surface area contributed by atoms with Crippen molar-refractivity contribution in [2.75, 3.05) is 0 Å². The Hall–Kier alpha value is -2.43. The maximum absolute atomic E-state index is 13.3. The SMILES string of the molecule is CCc1c(C(=O)N[C@H]2C[C@H]2c2cccc(F)c2)[nH]c(C)c1C(C)=O. The molecule has 1 aromatic heterocycles. The van der Waals surface area contributed by atoms with E-state index in [0.717, 1.165) is 23.2 Å². The van der Waals surface area contributed by atoms with Crippen LogP contribution in [-0.4, -0.2) is 22.7 Å². The number of rotatable bonds is 5. The number of aryl methyl sites for hydroxylation is 1. The number of halogens is 1. The lowest BCUT2D eigenvalue weighted by Crippen LogP contribution is -2.27. The Morgan fingerprint density at radius 2 is 2.12 bits per heavy atom. The number of hydrogen-bond donors (Lipinski definition) is 2. The van der Waals surface area contributed by atoms with Gasteiger partial charge in [0, 0.05) is 23.2 Å². The lowest BCUT2D eigenvalue weighted by Gasteiger charge is -2.06. The molecule has 1 fully saturated rings. The van der Waals surface area contributed by atoms with Crippen molar-refractivity contribution in [2.45, 2.75) is 45.6 Å². The van der Waals surface area contributed by atoms with Crippen molar-refractivity contribution in [3.05, 3.63) is 58.2 Å². The van der Waals surface area contributed by atoms with Gasteiger partial charge in [-0.05, 0) is 49.9 Å². The van der Waals surface area contributed by atoms with Gasteiger partial charge in [0.2, 0.25) is 0 Å². The fourth-order valence-corrected chi connectivity index (χ4v) is 3.40. The van der Waals surface area contributed by atoms with Crippen LogP contribution in [0.15, 0.2) is 24.3 Å². The quantitative estimate of drug-likeness (QED) is 0.825. The Morgan fingerprint density at radius 1 is 1.38 bits per heavy atom. The Balaban J connectivity index is 1.75. The van der Waals surface area contributed by atoms with Crippen LogP contribution in [0.1, 0.15) is 63.9 Å². The van der Waals surface area contributed by atoms with Gasteiger partial charge in [0.05, 0.1) is 0 Å². The second-order valence-electron chi connectivity index (χ2n) is 6.37. The average Bonchev–Trinajstić information content (AvgIpc) is 3.20. The predicted molar refractivity (Wildman–Crippen MR) is 89.9 cm³/mol. The van der Waals surface area contributed by atoms with Crippen molar-refractivity contribution < 1.29 is 14.0 Å². The van der Waals surface area contributed by atoms with E-state index in [4.69, 9.17) is 0 Å². The van der Waals surface area contributed by atoms with Crippen LogP contribution >= 0.6 is 0 Å². The molecule has 4 nitrogen and oxygen atoms in total. The summed E-state index contributed by atoms with van der Waals surface area (Å²) in [5.41, 5.74) is 3.47. The number of ketones is 1. The number of nitrogens with one attached hydrogen (secondary N) is 2. The van der Waals surface area contributed by atoms with E-state index < -0.39 is 0 Å². The highest BCUT2D eigenvalue weighted by molar-refractivity contribution is 6.02. The largest absolute Gasteiger partial charge is 0.354 e. The van der Waals surface area contributed by atoms with Crippen molar-refractivity contribution in [1.29, 1.82) is 0 Å². The van der Waals surface area contributed by atoms with Crippen LogP contribution in [0.4, 0.5) is 4.39 Å². The topological polar surface area (TPSA) is 62.0 Å². The molecule has 1 aliphatic rings. The van der Waals surface area contributed by atoms with Gasteiger partial charge in [-0.15, -0.1) is 0 Å². The summed E-state index contributed by atoms with van der Waals surface area (Å²) in [5.74, 6) is -0.350. The second kappa shape index (κ2) is 6.23. The van der Waals surface area contributed by atoms with E-state index >= 15 is 0 Å². The zero-order chi connectivity index (χ0) is 17.4. The Labute approximate surface area is 140 Å². The molecule has 1 saturated carbocycles. The van der Waals surface area contributed by atoms with Gasteiger partial charge in [-0.2, -0.15) is 0 Å². The Bertz CT molecular complexity index is 810. The maximum Gasteiger partial charge on any atom is 0.268 e. The van der Waals surface area contributed by atoms with E-state index in [2.05, 4.69) is 10.3 Å². The minimum atomic E-state index is -0.260. The molecule has 0 radical (unpaired) electrons. The molecule has 0 bridgehead atoms. The molecule has 1 amide bonds. The van der Waals surface area contributed by atoms with E-state index in [9.17, 15) is 14.0 Å². The molecule has 2 atom stereocenters. The van der Waals surface area contributed by atoms with Crippen LogP contribution in [0, 0.1) is 12.7 Å². The lowest BCUT2D eigenvalue weighted by atomic mass is 10.0. The molecule has 1 heterocycles. The molecule has 24 heavy (non-hydrogen) atoms. The third kappa shape index (κ3) is 2.98. The van der Waals surface area contributed by atoms with E-state index in [1.807, 2.05) is 13.0 Å². The van der Waals surface area contributed by atoms with E-state index in [-0.39, 0.29) is 29.5 Å². The molecule has 126 valence electrons. The van der Waals surface area contributed by atoms with Gasteiger partial charge in [0.15, 0.2) is 5.78 Å². The molecule has 1 aliphatic carbocycles. The first-order valence-corrected chi connectivity index (χ1v) is 8.21. The number of H-pyrrole nitrogens is 1. The molecular weight excluding hydrogens is 307 g/mol. The van der Waals surface area contributed by atoms with E-state index in [0.29, 0.717) is 17.7 Å². The molecule has 2 aromatic rings. The second-order valence-corrected chi connectivity index (χ2v) is 6.37. The monoisotopic (exact) mass is 328 g/mol. The van der Waals surface area contributed by atoms with Crippen molar-refractivity contribution in [3.63, 3.8) is 0 Å². The number of hydrogen-bond acceptors (Lipinski definition) is 2. The summed E-state index contributed by atoms with van der Waals surface area (Å²) in [6, 6.07) is 6.50. The third-order valence-corrected chi connectivity index (χ3v) is 4.61. The van der Waals surface area contributed by atoms with Crippen molar-refractivity contribution in [3.8, 4) is 0 Å². The fraction of sp³-hybridized carbons (Fsp3) is 0.368. The van der Waals surface area contributed by atoms with Crippen LogP contribution in [0.25, 0.3) is 0 Å². The summed E-state index contributed by atoms with van der Waals surface area (Å²) >= 11 is 0. The van der Waals surface area contributed by atoms with Gasteiger partial charge in [0.25, 0.3) is 5.91 Å². The Kier molecular flexibility index (Phi) is 4.26. The smallest absolute Gasteiger partial charge is 0.268 e. The zero-order valence-electron chi connectivity index (χ0n) is 14.1. The number of Topliss-reactive ketones (excluding diaryl/α,β-unsaturated/α-hetero) is 1. The van der Waals surface area contributed by atoms with E-state index in [1.165, 1.54) is 19.1 Å². The first-order chi connectivity index (χ1) is 11.4. The van der Waals surface area contributed by atoms with E-state index in [1.54, 1.807) is 13.0 Å². The zero-order valence-corrected chi connectivity index (χ0v) is 14.1.